The van der Waals surface area contributed by atoms with Gasteiger partial charge in [0.2, 0.25) is 11.8 Å². The zero-order valence-electron chi connectivity index (χ0n) is 15.4. The van der Waals surface area contributed by atoms with Gasteiger partial charge in [0.1, 0.15) is 5.75 Å². The first-order chi connectivity index (χ1) is 12.7. The zero-order chi connectivity index (χ0) is 18.4. The molecule has 1 aromatic rings. The second-order valence-electron chi connectivity index (χ2n) is 6.76. The van der Waals surface area contributed by atoms with Crippen molar-refractivity contribution < 1.29 is 19.1 Å². The number of fused-ring (bicyclic) bond motifs is 1. The third-order valence-corrected chi connectivity index (χ3v) is 5.16. The number of ether oxygens (including phenoxy) is 2. The lowest BCUT2D eigenvalue weighted by Crippen LogP contribution is -2.40. The summed E-state index contributed by atoms with van der Waals surface area (Å²) in [6.07, 6.45) is 2.46. The van der Waals surface area contributed by atoms with E-state index in [4.69, 9.17) is 9.47 Å². The van der Waals surface area contributed by atoms with Crippen molar-refractivity contribution in [2.75, 3.05) is 32.9 Å². The van der Waals surface area contributed by atoms with Crippen LogP contribution >= 0.6 is 0 Å². The summed E-state index contributed by atoms with van der Waals surface area (Å²) >= 11 is 0. The fourth-order valence-electron chi connectivity index (χ4n) is 3.91. The van der Waals surface area contributed by atoms with E-state index >= 15 is 0 Å². The lowest BCUT2D eigenvalue weighted by atomic mass is 10.1. The summed E-state index contributed by atoms with van der Waals surface area (Å²) in [5.74, 6) is 1.10. The maximum Gasteiger partial charge on any atom is 0.225 e. The van der Waals surface area contributed by atoms with Crippen molar-refractivity contribution in [1.29, 1.82) is 0 Å². The lowest BCUT2D eigenvalue weighted by molar-refractivity contribution is -0.132. The molecule has 0 bridgehead atoms. The van der Waals surface area contributed by atoms with Crippen LogP contribution < -0.4 is 4.74 Å². The molecule has 0 saturated carbocycles. The summed E-state index contributed by atoms with van der Waals surface area (Å²) in [6.45, 7) is 5.07. The van der Waals surface area contributed by atoms with E-state index in [1.807, 2.05) is 47.1 Å². The fourth-order valence-corrected chi connectivity index (χ4v) is 3.91. The minimum atomic E-state index is 0.0340. The van der Waals surface area contributed by atoms with E-state index in [1.54, 1.807) is 0 Å². The molecule has 1 aromatic carbocycles. The van der Waals surface area contributed by atoms with Gasteiger partial charge in [-0.1, -0.05) is 18.2 Å². The summed E-state index contributed by atoms with van der Waals surface area (Å²) < 4.78 is 11.0. The Morgan fingerprint density at radius 2 is 2.00 bits per heavy atom. The molecule has 0 N–H and O–H groups in total. The third kappa shape index (κ3) is 4.36. The van der Waals surface area contributed by atoms with Crippen molar-refractivity contribution in [3.05, 3.63) is 30.3 Å². The van der Waals surface area contributed by atoms with Crippen molar-refractivity contribution in [3.63, 3.8) is 0 Å². The van der Waals surface area contributed by atoms with Gasteiger partial charge in [-0.05, 0) is 31.9 Å². The van der Waals surface area contributed by atoms with E-state index in [0.717, 1.165) is 18.7 Å². The molecule has 2 saturated heterocycles. The molecule has 26 heavy (non-hydrogen) atoms. The van der Waals surface area contributed by atoms with Crippen LogP contribution in [-0.2, 0) is 14.3 Å². The zero-order valence-corrected chi connectivity index (χ0v) is 15.4. The van der Waals surface area contributed by atoms with Crippen LogP contribution in [0.15, 0.2) is 30.3 Å². The van der Waals surface area contributed by atoms with Gasteiger partial charge in [0, 0.05) is 32.5 Å². The maximum absolute atomic E-state index is 12.6. The Morgan fingerprint density at radius 3 is 2.77 bits per heavy atom. The maximum atomic E-state index is 12.6. The smallest absolute Gasteiger partial charge is 0.225 e. The first-order valence-corrected chi connectivity index (χ1v) is 9.55. The largest absolute Gasteiger partial charge is 0.494 e. The Hall–Kier alpha value is -2.08. The minimum absolute atomic E-state index is 0.0340. The average molecular weight is 360 g/mol. The van der Waals surface area contributed by atoms with Crippen LogP contribution in [-0.4, -0.2) is 66.6 Å². The van der Waals surface area contributed by atoms with Crippen molar-refractivity contribution in [1.82, 2.24) is 9.80 Å². The number of hydrogen-bond acceptors (Lipinski definition) is 4. The lowest BCUT2D eigenvalue weighted by Gasteiger charge is -2.25. The molecule has 3 rings (SSSR count). The van der Waals surface area contributed by atoms with Gasteiger partial charge in [-0.2, -0.15) is 0 Å². The predicted octanol–water partition coefficient (Wildman–Crippen LogP) is 2.08. The summed E-state index contributed by atoms with van der Waals surface area (Å²) in [5.41, 5.74) is 0. The Labute approximate surface area is 155 Å². The molecule has 0 aromatic heterocycles. The van der Waals surface area contributed by atoms with Crippen LogP contribution in [0.4, 0.5) is 0 Å². The van der Waals surface area contributed by atoms with Crippen LogP contribution in [0.2, 0.25) is 0 Å². The number of nitrogens with zero attached hydrogens (tertiary/aromatic N) is 2. The van der Waals surface area contributed by atoms with Crippen molar-refractivity contribution in [2.45, 2.75) is 44.7 Å². The van der Waals surface area contributed by atoms with Gasteiger partial charge < -0.3 is 19.3 Å². The van der Waals surface area contributed by atoms with Gasteiger partial charge in [-0.25, -0.2) is 0 Å². The monoisotopic (exact) mass is 360 g/mol. The van der Waals surface area contributed by atoms with E-state index in [-0.39, 0.29) is 23.9 Å². The number of amides is 2. The van der Waals surface area contributed by atoms with E-state index < -0.39 is 0 Å². The minimum Gasteiger partial charge on any atom is -0.494 e. The number of benzene rings is 1. The van der Waals surface area contributed by atoms with Crippen molar-refractivity contribution in [3.8, 4) is 5.75 Å². The van der Waals surface area contributed by atoms with E-state index in [2.05, 4.69) is 0 Å². The molecule has 2 heterocycles. The van der Waals surface area contributed by atoms with Crippen LogP contribution in [0.25, 0.3) is 0 Å². The van der Waals surface area contributed by atoms with Crippen LogP contribution in [0, 0.1) is 0 Å². The molecular weight excluding hydrogens is 332 g/mol. The van der Waals surface area contributed by atoms with E-state index in [1.165, 1.54) is 0 Å². The summed E-state index contributed by atoms with van der Waals surface area (Å²) in [6, 6.07) is 9.82. The molecule has 6 nitrogen and oxygen atoms in total. The Balaban J connectivity index is 1.43. The van der Waals surface area contributed by atoms with Gasteiger partial charge in [-0.3, -0.25) is 9.59 Å². The topological polar surface area (TPSA) is 59.1 Å². The highest BCUT2D eigenvalue weighted by molar-refractivity contribution is 5.83. The Kier molecular flexibility index (Phi) is 6.50. The predicted molar refractivity (Wildman–Crippen MR) is 97.9 cm³/mol. The van der Waals surface area contributed by atoms with E-state index in [9.17, 15) is 9.59 Å². The number of para-hydroxylation sites is 1. The summed E-state index contributed by atoms with van der Waals surface area (Å²) in [7, 11) is 0. The quantitative estimate of drug-likeness (QED) is 0.633. The standard InChI is InChI=1S/C20H28N2O4/c1-2-25-14-12-22-17-10-11-21(18(17)15-20(22)24)19(23)9-6-13-26-16-7-4-3-5-8-16/h3-5,7-8,17-18H,2,6,9-15H2,1H3/t17-,18-/m0/s1. The molecule has 0 aliphatic carbocycles. The molecule has 2 aliphatic rings. The fraction of sp³-hybridized carbons (Fsp3) is 0.600. The molecule has 0 radical (unpaired) electrons. The Bertz CT molecular complexity index is 607. The van der Waals surface area contributed by atoms with Crippen LogP contribution in [0.1, 0.15) is 32.6 Å². The van der Waals surface area contributed by atoms with Gasteiger partial charge in [-0.15, -0.1) is 0 Å². The molecule has 142 valence electrons. The van der Waals surface area contributed by atoms with Crippen LogP contribution in [0.3, 0.4) is 0 Å². The Morgan fingerprint density at radius 1 is 1.19 bits per heavy atom. The summed E-state index contributed by atoms with van der Waals surface area (Å²) in [4.78, 5) is 28.7. The van der Waals surface area contributed by atoms with Crippen molar-refractivity contribution in [2.24, 2.45) is 0 Å². The molecular formula is C20H28N2O4. The van der Waals surface area contributed by atoms with Crippen LogP contribution in [0.5, 0.6) is 5.75 Å². The van der Waals surface area contributed by atoms with E-state index in [0.29, 0.717) is 45.6 Å². The number of carbonyl (C=O) groups excluding carboxylic acids is 2. The van der Waals surface area contributed by atoms with Gasteiger partial charge in [0.15, 0.2) is 0 Å². The van der Waals surface area contributed by atoms with Gasteiger partial charge in [0.05, 0.1) is 25.3 Å². The molecule has 2 amide bonds. The van der Waals surface area contributed by atoms with Gasteiger partial charge in [0.25, 0.3) is 0 Å². The molecule has 2 fully saturated rings. The average Bonchev–Trinajstić information content (AvgIpc) is 3.19. The molecule has 6 heteroatoms. The number of carbonyl (C=O) groups is 2. The second-order valence-corrected chi connectivity index (χ2v) is 6.76. The SMILES string of the molecule is CCOCCN1C(=O)C[C@H]2[C@@H]1CCN2C(=O)CCCOc1ccccc1. The van der Waals surface area contributed by atoms with Gasteiger partial charge >= 0.3 is 0 Å². The highest BCUT2D eigenvalue weighted by Gasteiger charge is 2.47. The molecule has 0 unspecified atom stereocenters. The number of likely N-dealkylation sites (tertiary alicyclic amines) is 2. The molecule has 0 spiro atoms. The third-order valence-electron chi connectivity index (χ3n) is 5.16. The summed E-state index contributed by atoms with van der Waals surface area (Å²) in [5, 5.41) is 0. The molecule has 2 aliphatic heterocycles. The second kappa shape index (κ2) is 9.03. The highest BCUT2D eigenvalue weighted by Crippen LogP contribution is 2.32. The first-order valence-electron chi connectivity index (χ1n) is 9.55. The highest BCUT2D eigenvalue weighted by atomic mass is 16.5. The normalized spacial score (nSPS) is 22.0. The van der Waals surface area contributed by atoms with Crippen molar-refractivity contribution >= 4 is 11.8 Å². The first kappa shape index (κ1) is 18.7. The molecule has 2 atom stereocenters. The number of hydrogen-bond donors (Lipinski definition) is 0. The number of rotatable bonds is 9.